The molecule has 48 heavy (non-hydrogen) atoms. The minimum Gasteiger partial charge on any atom is -0.473 e. The summed E-state index contributed by atoms with van der Waals surface area (Å²) in [6.45, 7) is 10.0. The predicted molar refractivity (Wildman–Crippen MR) is 181 cm³/mol. The number of amides is 1. The second kappa shape index (κ2) is 13.9. The number of hydrogen-bond acceptors (Lipinski definition) is 10. The van der Waals surface area contributed by atoms with Gasteiger partial charge in [-0.3, -0.25) is 5.10 Å². The average Bonchev–Trinajstić information content (AvgIpc) is 3.49. The molecule has 0 aliphatic carbocycles. The zero-order chi connectivity index (χ0) is 33.8. The van der Waals surface area contributed by atoms with Gasteiger partial charge in [-0.25, -0.2) is 19.6 Å². The molecular formula is C36H41N7O5. The van der Waals surface area contributed by atoms with E-state index in [0.717, 1.165) is 42.9 Å². The Kier molecular flexibility index (Phi) is 9.48. The van der Waals surface area contributed by atoms with E-state index in [9.17, 15) is 14.9 Å². The number of nitrogens with zero attached hydrogens (tertiary/aromatic N) is 6. The van der Waals surface area contributed by atoms with Crippen LogP contribution in [0, 0.1) is 17.2 Å². The molecule has 1 amide bonds. The van der Waals surface area contributed by atoms with Crippen LogP contribution in [-0.2, 0) is 9.47 Å². The lowest BCUT2D eigenvalue weighted by Gasteiger charge is -2.33. The first-order valence-electron chi connectivity index (χ1n) is 16.5. The number of carbonyl (C=O) groups excluding carboxylic acids is 2. The quantitative estimate of drug-likeness (QED) is 0.223. The molecule has 1 N–H and O–H groups in total. The number of rotatable bonds is 7. The molecule has 12 heteroatoms. The molecule has 0 unspecified atom stereocenters. The summed E-state index contributed by atoms with van der Waals surface area (Å²) in [6.07, 6.45) is 4.07. The van der Waals surface area contributed by atoms with Gasteiger partial charge in [-0.1, -0.05) is 30.3 Å². The molecular weight excluding hydrogens is 610 g/mol. The predicted octanol–water partition coefficient (Wildman–Crippen LogP) is 6.38. The normalized spacial score (nSPS) is 16.1. The third-order valence-corrected chi connectivity index (χ3v) is 8.62. The lowest BCUT2D eigenvalue weighted by Crippen LogP contribution is -2.44. The number of esters is 1. The molecule has 6 rings (SSSR count). The maximum atomic E-state index is 13.4. The second-order valence-electron chi connectivity index (χ2n) is 13.1. The molecule has 0 saturated carbocycles. The second-order valence-corrected chi connectivity index (χ2v) is 13.1. The number of aromatic nitrogens is 4. The fourth-order valence-electron chi connectivity index (χ4n) is 6.24. The highest BCUT2D eigenvalue weighted by Crippen LogP contribution is 2.43. The van der Waals surface area contributed by atoms with Crippen LogP contribution >= 0.6 is 0 Å². The van der Waals surface area contributed by atoms with Gasteiger partial charge < -0.3 is 24.0 Å². The van der Waals surface area contributed by atoms with Crippen LogP contribution in [-0.4, -0.2) is 81.6 Å². The van der Waals surface area contributed by atoms with Crippen LogP contribution in [0.4, 0.5) is 10.6 Å². The Morgan fingerprint density at radius 1 is 0.979 bits per heavy atom. The van der Waals surface area contributed by atoms with Crippen LogP contribution in [0.15, 0.2) is 48.7 Å². The Labute approximate surface area is 280 Å². The number of carbonyl (C=O) groups is 2. The Morgan fingerprint density at radius 3 is 2.33 bits per heavy atom. The number of H-pyrrole nitrogens is 1. The third-order valence-electron chi connectivity index (χ3n) is 8.62. The highest BCUT2D eigenvalue weighted by Gasteiger charge is 2.31. The van der Waals surface area contributed by atoms with Gasteiger partial charge in [0, 0.05) is 67.8 Å². The molecule has 0 bridgehead atoms. The zero-order valence-corrected chi connectivity index (χ0v) is 27.9. The van der Waals surface area contributed by atoms with Gasteiger partial charge in [0.15, 0.2) is 11.3 Å². The molecule has 0 spiro atoms. The molecule has 2 aliphatic rings. The fraction of sp³-hybridized carbons (Fsp3) is 0.444. The van der Waals surface area contributed by atoms with Crippen LogP contribution in [0.3, 0.4) is 0 Å². The lowest BCUT2D eigenvalue weighted by atomic mass is 9.91. The van der Waals surface area contributed by atoms with E-state index < -0.39 is 11.6 Å². The lowest BCUT2D eigenvalue weighted by molar-refractivity contribution is 0.0124. The van der Waals surface area contributed by atoms with Gasteiger partial charge in [0.05, 0.1) is 18.1 Å². The van der Waals surface area contributed by atoms with Crippen LogP contribution < -0.4 is 9.64 Å². The van der Waals surface area contributed by atoms with E-state index in [1.54, 1.807) is 18.0 Å². The van der Waals surface area contributed by atoms with Crippen LogP contribution in [0.1, 0.15) is 63.9 Å². The first-order chi connectivity index (χ1) is 23.1. The van der Waals surface area contributed by atoms with Gasteiger partial charge in [-0.2, -0.15) is 5.26 Å². The van der Waals surface area contributed by atoms with Crippen molar-refractivity contribution in [3.05, 3.63) is 54.4 Å². The standard InChI is InChI=1S/C36H41N7O5/c1-5-46-34(44)31-29(24-9-7-6-8-10-24)28(25-11-12-27(38-22-25)42-17-13-23(21-37)14-18-42)30-32(39-31)40-41-33(30)47-26-15-19-43(20-16-26)35(45)48-36(2,3)4/h6-12,22-23,26H,5,13-20H2,1-4H3,(H,39,40,41). The Balaban J connectivity index is 1.40. The molecule has 2 aliphatic heterocycles. The first-order valence-corrected chi connectivity index (χ1v) is 16.5. The minimum atomic E-state index is -0.568. The van der Waals surface area contributed by atoms with E-state index in [1.807, 2.05) is 63.2 Å². The highest BCUT2D eigenvalue weighted by molar-refractivity contribution is 6.10. The maximum absolute atomic E-state index is 13.4. The van der Waals surface area contributed by atoms with Crippen molar-refractivity contribution in [3.8, 4) is 34.2 Å². The van der Waals surface area contributed by atoms with Crippen molar-refractivity contribution >= 4 is 28.9 Å². The van der Waals surface area contributed by atoms with Crippen LogP contribution in [0.25, 0.3) is 33.3 Å². The van der Waals surface area contributed by atoms with Crippen LogP contribution in [0.5, 0.6) is 5.88 Å². The molecule has 2 saturated heterocycles. The third kappa shape index (κ3) is 7.05. The van der Waals surface area contributed by atoms with E-state index in [1.165, 1.54) is 0 Å². The van der Waals surface area contributed by atoms with E-state index in [0.29, 0.717) is 54.0 Å². The van der Waals surface area contributed by atoms with Crippen molar-refractivity contribution in [2.45, 2.75) is 65.1 Å². The topological polar surface area (TPSA) is 147 Å². The number of nitriles is 1. The first kappa shape index (κ1) is 32.7. The Morgan fingerprint density at radius 2 is 1.71 bits per heavy atom. The summed E-state index contributed by atoms with van der Waals surface area (Å²) in [5, 5.41) is 17.5. The highest BCUT2D eigenvalue weighted by atomic mass is 16.6. The number of anilines is 1. The molecule has 3 aromatic heterocycles. The van der Waals surface area contributed by atoms with Crippen molar-refractivity contribution in [1.29, 1.82) is 5.26 Å². The molecule has 4 aromatic rings. The minimum absolute atomic E-state index is 0.0735. The van der Waals surface area contributed by atoms with Crippen molar-refractivity contribution in [1.82, 2.24) is 25.1 Å². The summed E-state index contributed by atoms with van der Waals surface area (Å²) in [5.41, 5.74) is 2.81. The largest absolute Gasteiger partial charge is 0.473 e. The molecule has 250 valence electrons. The van der Waals surface area contributed by atoms with Gasteiger partial charge in [-0.05, 0) is 58.2 Å². The molecule has 1 aromatic carbocycles. The average molecular weight is 652 g/mol. The van der Waals surface area contributed by atoms with E-state index >= 15 is 0 Å². The van der Waals surface area contributed by atoms with Crippen molar-refractivity contribution in [2.24, 2.45) is 5.92 Å². The summed E-state index contributed by atoms with van der Waals surface area (Å²) in [4.78, 5) is 39.6. The molecule has 5 heterocycles. The van der Waals surface area contributed by atoms with Gasteiger partial charge in [-0.15, -0.1) is 5.10 Å². The Bertz CT molecular complexity index is 1790. The van der Waals surface area contributed by atoms with Gasteiger partial charge in [0.1, 0.15) is 17.5 Å². The summed E-state index contributed by atoms with van der Waals surface area (Å²) >= 11 is 0. The van der Waals surface area contributed by atoms with E-state index in [2.05, 4.69) is 21.2 Å². The molecule has 2 fully saturated rings. The zero-order valence-electron chi connectivity index (χ0n) is 27.9. The summed E-state index contributed by atoms with van der Waals surface area (Å²) in [5.74, 6) is 0.714. The number of pyridine rings is 2. The van der Waals surface area contributed by atoms with Crippen LogP contribution in [0.2, 0.25) is 0 Å². The number of aromatic amines is 1. The molecule has 0 atom stereocenters. The summed E-state index contributed by atoms with van der Waals surface area (Å²) < 4.78 is 17.6. The fourth-order valence-corrected chi connectivity index (χ4v) is 6.24. The monoisotopic (exact) mass is 651 g/mol. The maximum Gasteiger partial charge on any atom is 0.410 e. The number of fused-ring (bicyclic) bond motifs is 1. The number of ether oxygens (including phenoxy) is 3. The molecule has 12 nitrogen and oxygen atoms in total. The number of benzene rings is 1. The van der Waals surface area contributed by atoms with Crippen molar-refractivity contribution in [3.63, 3.8) is 0 Å². The number of likely N-dealkylation sites (tertiary alicyclic amines) is 1. The van der Waals surface area contributed by atoms with Gasteiger partial charge >= 0.3 is 12.1 Å². The Hall–Kier alpha value is -5.18. The van der Waals surface area contributed by atoms with E-state index in [-0.39, 0.29) is 30.4 Å². The number of hydrogen-bond donors (Lipinski definition) is 1. The van der Waals surface area contributed by atoms with E-state index in [4.69, 9.17) is 24.2 Å². The number of piperidine rings is 2. The van der Waals surface area contributed by atoms with Gasteiger partial charge in [0.25, 0.3) is 0 Å². The van der Waals surface area contributed by atoms with Crippen molar-refractivity contribution < 1.29 is 23.8 Å². The summed E-state index contributed by atoms with van der Waals surface area (Å²) in [7, 11) is 0. The summed E-state index contributed by atoms with van der Waals surface area (Å²) in [6, 6.07) is 16.0. The SMILES string of the molecule is CCOC(=O)c1nc2[nH]nc(OC3CCN(C(=O)OC(C)(C)C)CC3)c2c(-c2ccc(N3CCC(C#N)CC3)nc2)c1-c1ccccc1. The van der Waals surface area contributed by atoms with Gasteiger partial charge in [0.2, 0.25) is 5.88 Å². The smallest absolute Gasteiger partial charge is 0.410 e. The number of nitrogens with one attached hydrogen (secondary N) is 1. The molecule has 0 radical (unpaired) electrons. The van der Waals surface area contributed by atoms with Crippen molar-refractivity contribution in [2.75, 3.05) is 37.7 Å².